The van der Waals surface area contributed by atoms with Crippen molar-refractivity contribution >= 4 is 35.7 Å². The van der Waals surface area contributed by atoms with E-state index in [1.807, 2.05) is 60.7 Å². The second kappa shape index (κ2) is 18.5. The molecule has 2 nitrogen and oxygen atoms in total. The summed E-state index contributed by atoms with van der Waals surface area (Å²) in [5, 5.41) is 0. The van der Waals surface area contributed by atoms with Crippen LogP contribution in [0.4, 0.5) is 37.7 Å². The number of nitrogens with zero attached hydrogens (tertiary/aromatic N) is 2. The van der Waals surface area contributed by atoms with E-state index in [0.29, 0.717) is 22.3 Å². The lowest BCUT2D eigenvalue weighted by atomic mass is 9.96. The third-order valence-electron chi connectivity index (χ3n) is 9.28. The molecule has 5 rings (SSSR count). The summed E-state index contributed by atoms with van der Waals surface area (Å²) in [4.78, 5) is 4.52. The molecule has 286 valence electrons. The van der Waals surface area contributed by atoms with Gasteiger partial charge in [0, 0.05) is 59.8 Å². The Bertz CT molecular complexity index is 2090. The normalized spacial score (nSPS) is 11.6. The molecule has 5 aromatic carbocycles. The summed E-state index contributed by atoms with van der Waals surface area (Å²) in [6, 6.07) is 29.4. The van der Waals surface area contributed by atoms with Crippen molar-refractivity contribution in [1.29, 1.82) is 0 Å². The van der Waals surface area contributed by atoms with E-state index in [2.05, 4.69) is 85.4 Å². The first-order valence-electron chi connectivity index (χ1n) is 18.4. The van der Waals surface area contributed by atoms with E-state index in [1.165, 1.54) is 24.3 Å². The Labute approximate surface area is 325 Å². The van der Waals surface area contributed by atoms with Crippen LogP contribution in [0.3, 0.4) is 0 Å². The van der Waals surface area contributed by atoms with Crippen molar-refractivity contribution in [2.45, 2.75) is 40.0 Å². The number of hydrogen-bond donors (Lipinski definition) is 0. The SMILES string of the molecule is CCN(CC)c1ccc(/C=C/c2cc(C#Cc3ccc(C(F)(F)F)cc3)c(C#Cc3ccc(C(F)(F)F)cc3)cc2/C=C/c2ccc(N(CC)CC)cc2)cc1. The standard InChI is InChI=1S/C48H42F6N2/c1-5-55(6-2)45-29-17-37(18-30-45)11-23-41-33-39(21-9-35-13-25-43(26-14-35)47(49,50)51)40(22-10-36-15-27-44(28-16-36)48(52,53)54)34-42(41)24-12-38-19-31-46(32-20-38)56(7-3)8-4/h11-20,23-34H,5-8H2,1-4H3/b23-11+,24-12+. The topological polar surface area (TPSA) is 6.48 Å². The molecule has 0 saturated heterocycles. The molecule has 0 atom stereocenters. The molecular weight excluding hydrogens is 719 g/mol. The molecule has 0 bridgehead atoms. The molecule has 0 spiro atoms. The van der Waals surface area contributed by atoms with Gasteiger partial charge in [-0.15, -0.1) is 0 Å². The molecule has 0 radical (unpaired) electrons. The van der Waals surface area contributed by atoms with Gasteiger partial charge in [-0.3, -0.25) is 0 Å². The molecule has 0 saturated carbocycles. The lowest BCUT2D eigenvalue weighted by Gasteiger charge is -2.20. The Morgan fingerprint density at radius 3 is 1.04 bits per heavy atom. The van der Waals surface area contributed by atoms with Gasteiger partial charge in [-0.25, -0.2) is 0 Å². The summed E-state index contributed by atoms with van der Waals surface area (Å²) in [7, 11) is 0. The minimum absolute atomic E-state index is 0.377. The average molecular weight is 761 g/mol. The van der Waals surface area contributed by atoms with Crippen molar-refractivity contribution in [2.75, 3.05) is 36.0 Å². The van der Waals surface area contributed by atoms with Crippen molar-refractivity contribution in [3.8, 4) is 23.7 Å². The van der Waals surface area contributed by atoms with Crippen LogP contribution >= 0.6 is 0 Å². The Kier molecular flexibility index (Phi) is 13.5. The first-order valence-corrected chi connectivity index (χ1v) is 18.4. The monoisotopic (exact) mass is 760 g/mol. The van der Waals surface area contributed by atoms with Crippen molar-refractivity contribution in [2.24, 2.45) is 0 Å². The Morgan fingerprint density at radius 2 is 0.750 bits per heavy atom. The van der Waals surface area contributed by atoms with E-state index in [0.717, 1.165) is 84.1 Å². The quantitative estimate of drug-likeness (QED) is 0.0795. The third-order valence-corrected chi connectivity index (χ3v) is 9.28. The van der Waals surface area contributed by atoms with Crippen molar-refractivity contribution in [3.05, 3.63) is 165 Å². The minimum Gasteiger partial charge on any atom is -0.372 e. The maximum Gasteiger partial charge on any atom is 0.416 e. The van der Waals surface area contributed by atoms with Gasteiger partial charge in [0.05, 0.1) is 11.1 Å². The summed E-state index contributed by atoms with van der Waals surface area (Å²) in [6.45, 7) is 12.0. The lowest BCUT2D eigenvalue weighted by Crippen LogP contribution is -2.21. The Morgan fingerprint density at radius 1 is 0.429 bits per heavy atom. The van der Waals surface area contributed by atoms with Gasteiger partial charge in [-0.05, 0) is 135 Å². The second-order valence-electron chi connectivity index (χ2n) is 12.9. The molecule has 56 heavy (non-hydrogen) atoms. The van der Waals surface area contributed by atoms with Crippen LogP contribution in [-0.4, -0.2) is 26.2 Å². The van der Waals surface area contributed by atoms with Gasteiger partial charge in [-0.2, -0.15) is 26.3 Å². The van der Waals surface area contributed by atoms with Gasteiger partial charge in [0.25, 0.3) is 0 Å². The molecule has 0 amide bonds. The van der Waals surface area contributed by atoms with E-state index < -0.39 is 23.5 Å². The molecule has 0 aromatic heterocycles. The molecule has 5 aromatic rings. The molecule has 0 aliphatic heterocycles. The number of hydrogen-bond acceptors (Lipinski definition) is 2. The molecule has 8 heteroatoms. The Balaban J connectivity index is 1.62. The first kappa shape index (κ1) is 41.1. The lowest BCUT2D eigenvalue weighted by molar-refractivity contribution is -0.138. The van der Waals surface area contributed by atoms with E-state index in [-0.39, 0.29) is 0 Å². The molecular formula is C48H42F6N2. The minimum atomic E-state index is -4.48. The van der Waals surface area contributed by atoms with Crippen LogP contribution in [0.15, 0.2) is 109 Å². The smallest absolute Gasteiger partial charge is 0.372 e. The van der Waals surface area contributed by atoms with Gasteiger partial charge < -0.3 is 9.80 Å². The fourth-order valence-corrected chi connectivity index (χ4v) is 6.03. The highest BCUT2D eigenvalue weighted by Crippen LogP contribution is 2.30. The van der Waals surface area contributed by atoms with Crippen LogP contribution in [0.1, 0.15) is 83.3 Å². The number of alkyl halides is 6. The summed E-state index contributed by atoms with van der Waals surface area (Å²) >= 11 is 0. The molecule has 0 fully saturated rings. The van der Waals surface area contributed by atoms with Gasteiger partial charge in [0.15, 0.2) is 0 Å². The van der Waals surface area contributed by atoms with Crippen molar-refractivity contribution < 1.29 is 26.3 Å². The van der Waals surface area contributed by atoms with E-state index in [4.69, 9.17) is 0 Å². The van der Waals surface area contributed by atoms with Crippen molar-refractivity contribution in [3.63, 3.8) is 0 Å². The van der Waals surface area contributed by atoms with Crippen LogP contribution in [0.2, 0.25) is 0 Å². The van der Waals surface area contributed by atoms with Gasteiger partial charge in [0.1, 0.15) is 0 Å². The summed E-state index contributed by atoms with van der Waals surface area (Å²) in [6.07, 6.45) is -0.998. The van der Waals surface area contributed by atoms with Crippen LogP contribution in [-0.2, 0) is 12.4 Å². The van der Waals surface area contributed by atoms with Gasteiger partial charge >= 0.3 is 12.4 Å². The van der Waals surface area contributed by atoms with Crippen LogP contribution in [0.25, 0.3) is 24.3 Å². The van der Waals surface area contributed by atoms with E-state index in [9.17, 15) is 26.3 Å². The first-order chi connectivity index (χ1) is 26.8. The third kappa shape index (κ3) is 11.0. The maximum atomic E-state index is 13.2. The highest BCUT2D eigenvalue weighted by Gasteiger charge is 2.30. The van der Waals surface area contributed by atoms with E-state index >= 15 is 0 Å². The van der Waals surface area contributed by atoms with Crippen LogP contribution in [0, 0.1) is 23.7 Å². The van der Waals surface area contributed by atoms with Crippen LogP contribution < -0.4 is 9.80 Å². The predicted octanol–water partition coefficient (Wildman–Crippen LogP) is 12.6. The molecule has 0 aliphatic carbocycles. The van der Waals surface area contributed by atoms with E-state index in [1.54, 1.807) is 0 Å². The summed E-state index contributed by atoms with van der Waals surface area (Å²) < 4.78 is 79.3. The number of rotatable bonds is 10. The summed E-state index contributed by atoms with van der Waals surface area (Å²) in [5.41, 5.74) is 6.03. The second-order valence-corrected chi connectivity index (χ2v) is 12.9. The number of benzene rings is 5. The zero-order chi connectivity index (χ0) is 40.3. The molecule has 0 N–H and O–H groups in total. The number of anilines is 2. The molecule has 0 unspecified atom stereocenters. The van der Waals surface area contributed by atoms with Crippen molar-refractivity contribution in [1.82, 2.24) is 0 Å². The highest BCUT2D eigenvalue weighted by atomic mass is 19.4. The maximum absolute atomic E-state index is 13.2. The van der Waals surface area contributed by atoms with Crippen LogP contribution in [0.5, 0.6) is 0 Å². The Hall–Kier alpha value is -6.12. The zero-order valence-electron chi connectivity index (χ0n) is 31.7. The molecule has 0 aliphatic rings. The fourth-order valence-electron chi connectivity index (χ4n) is 6.03. The predicted molar refractivity (Wildman–Crippen MR) is 219 cm³/mol. The highest BCUT2D eigenvalue weighted by molar-refractivity contribution is 5.82. The van der Waals surface area contributed by atoms with Gasteiger partial charge in [-0.1, -0.05) is 72.3 Å². The largest absolute Gasteiger partial charge is 0.416 e. The fraction of sp³-hybridized carbons (Fsp3) is 0.208. The number of halogens is 6. The zero-order valence-corrected chi connectivity index (χ0v) is 31.7. The average Bonchev–Trinajstić information content (AvgIpc) is 3.19. The summed E-state index contributed by atoms with van der Waals surface area (Å²) in [5.74, 6) is 12.1. The molecule has 0 heterocycles. The van der Waals surface area contributed by atoms with Gasteiger partial charge in [0.2, 0.25) is 0 Å².